The van der Waals surface area contributed by atoms with Crippen molar-refractivity contribution in [2.45, 2.75) is 25.2 Å². The molecular formula is C20H17N5O2. The van der Waals surface area contributed by atoms with Crippen molar-refractivity contribution in [3.05, 3.63) is 86.5 Å². The Labute approximate surface area is 153 Å². The Hall–Kier alpha value is -3.48. The van der Waals surface area contributed by atoms with Crippen LogP contribution in [-0.4, -0.2) is 24.6 Å². The highest BCUT2D eigenvalue weighted by Gasteiger charge is 2.42. The number of rotatable bonds is 3. The van der Waals surface area contributed by atoms with Gasteiger partial charge < -0.3 is 4.98 Å². The van der Waals surface area contributed by atoms with Gasteiger partial charge >= 0.3 is 5.69 Å². The zero-order valence-corrected chi connectivity index (χ0v) is 14.6. The first-order valence-electron chi connectivity index (χ1n) is 8.84. The highest BCUT2D eigenvalue weighted by molar-refractivity contribution is 5.63. The molecule has 1 aliphatic rings. The van der Waals surface area contributed by atoms with Crippen LogP contribution in [0.3, 0.4) is 0 Å². The van der Waals surface area contributed by atoms with Gasteiger partial charge in [0.05, 0.1) is 11.3 Å². The Kier molecular flexibility index (Phi) is 3.36. The van der Waals surface area contributed by atoms with Gasteiger partial charge in [-0.2, -0.15) is 5.10 Å². The number of aromatic amines is 2. The smallest absolute Gasteiger partial charge is 0.313 e. The molecule has 7 heteroatoms. The minimum absolute atomic E-state index is 0.333. The first-order valence-corrected chi connectivity index (χ1v) is 8.84. The van der Waals surface area contributed by atoms with E-state index in [9.17, 15) is 9.59 Å². The van der Waals surface area contributed by atoms with Gasteiger partial charge in [0.25, 0.3) is 5.56 Å². The molecule has 1 fully saturated rings. The molecule has 0 bridgehead atoms. The van der Waals surface area contributed by atoms with Crippen LogP contribution < -0.4 is 11.2 Å². The summed E-state index contributed by atoms with van der Waals surface area (Å²) in [6, 6.07) is 10.4. The Morgan fingerprint density at radius 3 is 2.78 bits per heavy atom. The Bertz CT molecular complexity index is 1280. The van der Waals surface area contributed by atoms with Crippen LogP contribution in [0, 0.1) is 6.92 Å². The minimum Gasteiger partial charge on any atom is -0.313 e. The van der Waals surface area contributed by atoms with E-state index in [1.807, 2.05) is 6.07 Å². The molecule has 0 radical (unpaired) electrons. The van der Waals surface area contributed by atoms with Gasteiger partial charge in [0, 0.05) is 24.2 Å². The summed E-state index contributed by atoms with van der Waals surface area (Å²) in [7, 11) is 0. The van der Waals surface area contributed by atoms with Gasteiger partial charge in [0.1, 0.15) is 0 Å². The van der Waals surface area contributed by atoms with E-state index in [0.29, 0.717) is 23.1 Å². The van der Waals surface area contributed by atoms with Crippen molar-refractivity contribution in [3.8, 4) is 11.3 Å². The molecule has 27 heavy (non-hydrogen) atoms. The summed E-state index contributed by atoms with van der Waals surface area (Å²) >= 11 is 0. The van der Waals surface area contributed by atoms with E-state index in [-0.39, 0.29) is 0 Å². The Balaban J connectivity index is 1.63. The number of nitrogens with zero attached hydrogens (tertiary/aromatic N) is 3. The predicted octanol–water partition coefficient (Wildman–Crippen LogP) is 2.35. The normalized spacial score (nSPS) is 18.7. The van der Waals surface area contributed by atoms with Crippen molar-refractivity contribution in [2.75, 3.05) is 0 Å². The van der Waals surface area contributed by atoms with E-state index in [1.54, 1.807) is 16.9 Å². The lowest BCUT2D eigenvalue weighted by molar-refractivity contribution is 0.905. The summed E-state index contributed by atoms with van der Waals surface area (Å²) < 4.78 is 1.70. The lowest BCUT2D eigenvalue weighted by Gasteiger charge is -2.08. The largest absolute Gasteiger partial charge is 0.325 e. The zero-order valence-electron chi connectivity index (χ0n) is 14.6. The highest BCUT2D eigenvalue weighted by atomic mass is 16.2. The van der Waals surface area contributed by atoms with Crippen LogP contribution in [0.2, 0.25) is 0 Å². The van der Waals surface area contributed by atoms with Gasteiger partial charge in [-0.25, -0.2) is 14.3 Å². The third-order valence-corrected chi connectivity index (χ3v) is 5.26. The second-order valence-electron chi connectivity index (χ2n) is 6.97. The summed E-state index contributed by atoms with van der Waals surface area (Å²) in [4.78, 5) is 32.7. The fraction of sp³-hybridized carbons (Fsp3) is 0.200. The number of imidazole rings is 1. The van der Waals surface area contributed by atoms with Crippen molar-refractivity contribution in [1.82, 2.24) is 24.6 Å². The van der Waals surface area contributed by atoms with Crippen molar-refractivity contribution in [1.29, 1.82) is 0 Å². The van der Waals surface area contributed by atoms with Gasteiger partial charge in [-0.1, -0.05) is 24.3 Å². The lowest BCUT2D eigenvalue weighted by atomic mass is 10.0. The number of H-pyrrole nitrogens is 2. The molecule has 4 aromatic rings. The number of aromatic nitrogens is 5. The lowest BCUT2D eigenvalue weighted by Crippen LogP contribution is -2.23. The van der Waals surface area contributed by atoms with E-state index in [2.05, 4.69) is 51.2 Å². The van der Waals surface area contributed by atoms with E-state index in [0.717, 1.165) is 17.6 Å². The highest BCUT2D eigenvalue weighted by Crippen LogP contribution is 2.56. The van der Waals surface area contributed by atoms with Crippen LogP contribution in [0.4, 0.5) is 0 Å². The molecule has 134 valence electrons. The van der Waals surface area contributed by atoms with E-state index >= 15 is 0 Å². The van der Waals surface area contributed by atoms with E-state index < -0.39 is 11.2 Å². The molecule has 2 atom stereocenters. The summed E-state index contributed by atoms with van der Waals surface area (Å²) in [5.41, 5.74) is 4.38. The molecule has 7 nitrogen and oxygen atoms in total. The number of hydrogen-bond acceptors (Lipinski definition) is 4. The SMILES string of the molecule is Cc1ccccc1[C@H]1C[C@@H]1c1cc(-c2c[nH]c(=O)[nH]c2=O)nn2ccnc12. The molecule has 1 saturated carbocycles. The average molecular weight is 359 g/mol. The maximum Gasteiger partial charge on any atom is 0.325 e. The molecule has 0 spiro atoms. The predicted molar refractivity (Wildman–Crippen MR) is 101 cm³/mol. The van der Waals surface area contributed by atoms with Gasteiger partial charge in [-0.15, -0.1) is 0 Å². The third-order valence-electron chi connectivity index (χ3n) is 5.26. The van der Waals surface area contributed by atoms with Crippen molar-refractivity contribution < 1.29 is 0 Å². The van der Waals surface area contributed by atoms with E-state index in [1.165, 1.54) is 17.3 Å². The molecule has 0 saturated heterocycles. The first-order chi connectivity index (χ1) is 13.1. The molecule has 0 amide bonds. The number of nitrogens with one attached hydrogen (secondary N) is 2. The fourth-order valence-electron chi connectivity index (χ4n) is 3.83. The molecule has 3 heterocycles. The van der Waals surface area contributed by atoms with Crippen molar-refractivity contribution in [2.24, 2.45) is 0 Å². The van der Waals surface area contributed by atoms with Crippen LogP contribution in [0.5, 0.6) is 0 Å². The van der Waals surface area contributed by atoms with Crippen LogP contribution in [0.25, 0.3) is 16.9 Å². The van der Waals surface area contributed by atoms with Gasteiger partial charge in [-0.3, -0.25) is 9.78 Å². The molecule has 0 aliphatic heterocycles. The van der Waals surface area contributed by atoms with Crippen molar-refractivity contribution >= 4 is 5.65 Å². The summed E-state index contributed by atoms with van der Waals surface area (Å²) in [6.07, 6.45) is 5.92. The van der Waals surface area contributed by atoms with Crippen LogP contribution >= 0.6 is 0 Å². The number of fused-ring (bicyclic) bond motifs is 1. The van der Waals surface area contributed by atoms with Crippen molar-refractivity contribution in [3.63, 3.8) is 0 Å². The Morgan fingerprint density at radius 2 is 1.96 bits per heavy atom. The third kappa shape index (κ3) is 2.59. The maximum absolute atomic E-state index is 12.2. The second kappa shape index (κ2) is 5.77. The summed E-state index contributed by atoms with van der Waals surface area (Å²) in [6.45, 7) is 2.13. The quantitative estimate of drug-likeness (QED) is 0.587. The topological polar surface area (TPSA) is 95.9 Å². The standard InChI is InChI=1S/C20H17N5O2/c1-11-4-2-3-5-12(11)13-8-14(13)15-9-17(24-25-7-6-21-18(15)25)16-10-22-20(27)23-19(16)26/h2-7,9-10,13-14H,8H2,1H3,(H2,22,23,26,27)/t13-,14+/m1/s1. The van der Waals surface area contributed by atoms with Crippen LogP contribution in [0.1, 0.15) is 34.9 Å². The molecule has 3 aromatic heterocycles. The van der Waals surface area contributed by atoms with Gasteiger partial charge in [0.2, 0.25) is 0 Å². The first kappa shape index (κ1) is 15.7. The molecule has 2 N–H and O–H groups in total. The summed E-state index contributed by atoms with van der Waals surface area (Å²) in [5.74, 6) is 0.774. The second-order valence-corrected chi connectivity index (χ2v) is 6.97. The number of hydrogen-bond donors (Lipinski definition) is 2. The van der Waals surface area contributed by atoms with Crippen LogP contribution in [-0.2, 0) is 0 Å². The number of benzene rings is 1. The zero-order chi connectivity index (χ0) is 18.5. The maximum atomic E-state index is 12.2. The molecule has 1 aromatic carbocycles. The monoisotopic (exact) mass is 359 g/mol. The summed E-state index contributed by atoms with van der Waals surface area (Å²) in [5, 5.41) is 4.49. The molecular weight excluding hydrogens is 342 g/mol. The van der Waals surface area contributed by atoms with Gasteiger partial charge in [-0.05, 0) is 42.4 Å². The van der Waals surface area contributed by atoms with E-state index in [4.69, 9.17) is 0 Å². The Morgan fingerprint density at radius 1 is 1.15 bits per heavy atom. The molecule has 0 unspecified atom stereocenters. The fourth-order valence-corrected chi connectivity index (χ4v) is 3.83. The van der Waals surface area contributed by atoms with Gasteiger partial charge in [0.15, 0.2) is 5.65 Å². The molecule has 5 rings (SSSR count). The van der Waals surface area contributed by atoms with Crippen LogP contribution in [0.15, 0.2) is 58.5 Å². The molecule has 1 aliphatic carbocycles. The minimum atomic E-state index is -0.533. The average Bonchev–Trinajstić information content (AvgIpc) is 3.29. The number of aryl methyl sites for hydroxylation is 1.